The molecule has 4 heteroatoms. The third-order valence-electron chi connectivity index (χ3n) is 3.13. The molecule has 0 aliphatic heterocycles. The van der Waals surface area contributed by atoms with Crippen molar-refractivity contribution in [1.82, 2.24) is 0 Å². The Labute approximate surface area is 128 Å². The van der Waals surface area contributed by atoms with Gasteiger partial charge in [0, 0.05) is 11.1 Å². The first kappa shape index (κ1) is 15.3. The molecular weight excluding hydrogens is 286 g/mol. The molecule has 0 saturated carbocycles. The minimum absolute atomic E-state index is 0.247. The molecule has 0 aliphatic carbocycles. The summed E-state index contributed by atoms with van der Waals surface area (Å²) in [6.45, 7) is 2.11. The number of amides is 1. The maximum absolute atomic E-state index is 12.2. The van der Waals surface area contributed by atoms with Crippen LogP contribution in [-0.4, -0.2) is 12.2 Å². The molecule has 0 spiro atoms. The molecule has 3 nitrogen and oxygen atoms in total. The van der Waals surface area contributed by atoms with Gasteiger partial charge in [0.25, 0.3) is 5.91 Å². The SMILES string of the molecule is CCCc1ccc(C(=O)Nc2cc(C=O)ccc2Cl)cc1. The first-order valence-corrected chi connectivity index (χ1v) is 7.17. The lowest BCUT2D eigenvalue weighted by Gasteiger charge is -2.08. The molecule has 1 N–H and O–H groups in total. The summed E-state index contributed by atoms with van der Waals surface area (Å²) in [5, 5.41) is 3.12. The predicted octanol–water partition coefficient (Wildman–Crippen LogP) is 4.36. The molecule has 2 aromatic rings. The molecule has 21 heavy (non-hydrogen) atoms. The van der Waals surface area contributed by atoms with Crippen LogP contribution in [0.5, 0.6) is 0 Å². The van der Waals surface area contributed by atoms with Crippen molar-refractivity contribution in [1.29, 1.82) is 0 Å². The number of anilines is 1. The average Bonchev–Trinajstić information content (AvgIpc) is 2.50. The maximum atomic E-state index is 12.2. The molecule has 2 aromatic carbocycles. The van der Waals surface area contributed by atoms with E-state index in [0.29, 0.717) is 28.1 Å². The molecule has 108 valence electrons. The van der Waals surface area contributed by atoms with Crippen LogP contribution in [-0.2, 0) is 6.42 Å². The number of hydrogen-bond acceptors (Lipinski definition) is 2. The molecule has 0 radical (unpaired) electrons. The van der Waals surface area contributed by atoms with Crippen LogP contribution in [0.25, 0.3) is 0 Å². The maximum Gasteiger partial charge on any atom is 0.255 e. The van der Waals surface area contributed by atoms with E-state index in [-0.39, 0.29) is 5.91 Å². The zero-order chi connectivity index (χ0) is 15.2. The number of halogens is 1. The Morgan fingerprint density at radius 3 is 2.52 bits per heavy atom. The molecule has 0 atom stereocenters. The third kappa shape index (κ3) is 3.92. The van der Waals surface area contributed by atoms with Gasteiger partial charge in [0.1, 0.15) is 6.29 Å². The largest absolute Gasteiger partial charge is 0.321 e. The summed E-state index contributed by atoms with van der Waals surface area (Å²) in [6.07, 6.45) is 2.78. The lowest BCUT2D eigenvalue weighted by molar-refractivity contribution is 0.102. The van der Waals surface area contributed by atoms with Crippen molar-refractivity contribution in [2.24, 2.45) is 0 Å². The molecule has 0 unspecified atom stereocenters. The van der Waals surface area contributed by atoms with Crippen LogP contribution >= 0.6 is 11.6 Å². The fourth-order valence-electron chi connectivity index (χ4n) is 2.02. The van der Waals surface area contributed by atoms with E-state index in [9.17, 15) is 9.59 Å². The van der Waals surface area contributed by atoms with Crippen LogP contribution in [0.4, 0.5) is 5.69 Å². The van der Waals surface area contributed by atoms with Crippen LogP contribution < -0.4 is 5.32 Å². The number of nitrogens with one attached hydrogen (secondary N) is 1. The Morgan fingerprint density at radius 2 is 1.90 bits per heavy atom. The minimum Gasteiger partial charge on any atom is -0.321 e. The van der Waals surface area contributed by atoms with Crippen LogP contribution in [0.15, 0.2) is 42.5 Å². The molecule has 0 fully saturated rings. The van der Waals surface area contributed by atoms with Crippen LogP contribution in [0.2, 0.25) is 5.02 Å². The van der Waals surface area contributed by atoms with E-state index in [0.717, 1.165) is 12.8 Å². The normalized spacial score (nSPS) is 10.2. The highest BCUT2D eigenvalue weighted by atomic mass is 35.5. The molecule has 0 bridgehead atoms. The number of rotatable bonds is 5. The number of benzene rings is 2. The summed E-state index contributed by atoms with van der Waals surface area (Å²) in [5.74, 6) is -0.247. The number of aldehydes is 1. The number of carbonyl (C=O) groups is 2. The molecule has 2 rings (SSSR count). The van der Waals surface area contributed by atoms with Gasteiger partial charge in [0.2, 0.25) is 0 Å². The van der Waals surface area contributed by atoms with Crippen LogP contribution in [0.3, 0.4) is 0 Å². The molecule has 1 amide bonds. The van der Waals surface area contributed by atoms with Crippen molar-refractivity contribution in [3.8, 4) is 0 Å². The lowest BCUT2D eigenvalue weighted by Crippen LogP contribution is -2.12. The van der Waals surface area contributed by atoms with Crippen molar-refractivity contribution < 1.29 is 9.59 Å². The van der Waals surface area contributed by atoms with Crippen molar-refractivity contribution in [2.75, 3.05) is 5.32 Å². The zero-order valence-corrected chi connectivity index (χ0v) is 12.5. The second-order valence-corrected chi connectivity index (χ2v) is 5.17. The standard InChI is InChI=1S/C17H16ClNO2/c1-2-3-12-4-7-14(8-5-12)17(21)19-16-10-13(11-20)6-9-15(16)18/h4-11H,2-3H2,1H3,(H,19,21). The average molecular weight is 302 g/mol. The van der Waals surface area contributed by atoms with Gasteiger partial charge < -0.3 is 5.32 Å². The third-order valence-corrected chi connectivity index (χ3v) is 3.46. The Kier molecular flexibility index (Phi) is 5.12. The van der Waals surface area contributed by atoms with Gasteiger partial charge >= 0.3 is 0 Å². The summed E-state index contributed by atoms with van der Waals surface area (Å²) in [4.78, 5) is 22.9. The highest BCUT2D eigenvalue weighted by Gasteiger charge is 2.09. The van der Waals surface area contributed by atoms with E-state index in [1.54, 1.807) is 30.3 Å². The smallest absolute Gasteiger partial charge is 0.255 e. The van der Waals surface area contributed by atoms with E-state index >= 15 is 0 Å². The van der Waals surface area contributed by atoms with Crippen molar-refractivity contribution in [3.05, 3.63) is 64.2 Å². The lowest BCUT2D eigenvalue weighted by atomic mass is 10.1. The zero-order valence-electron chi connectivity index (χ0n) is 11.7. The fourth-order valence-corrected chi connectivity index (χ4v) is 2.18. The van der Waals surface area contributed by atoms with Gasteiger partial charge in [-0.3, -0.25) is 9.59 Å². The Bertz CT molecular complexity index is 650. The quantitative estimate of drug-likeness (QED) is 0.834. The van der Waals surface area contributed by atoms with E-state index in [2.05, 4.69) is 12.2 Å². The Hall–Kier alpha value is -2.13. The Morgan fingerprint density at radius 1 is 1.19 bits per heavy atom. The van der Waals surface area contributed by atoms with Crippen molar-refractivity contribution in [3.63, 3.8) is 0 Å². The van der Waals surface area contributed by atoms with E-state index in [4.69, 9.17) is 11.6 Å². The first-order chi connectivity index (χ1) is 10.1. The molecule has 0 aromatic heterocycles. The van der Waals surface area contributed by atoms with Gasteiger partial charge in [-0.2, -0.15) is 0 Å². The summed E-state index contributed by atoms with van der Waals surface area (Å²) in [7, 11) is 0. The highest BCUT2D eigenvalue weighted by molar-refractivity contribution is 6.34. The number of hydrogen-bond donors (Lipinski definition) is 1. The van der Waals surface area contributed by atoms with Crippen molar-refractivity contribution >= 4 is 29.5 Å². The first-order valence-electron chi connectivity index (χ1n) is 6.79. The molecule has 0 saturated heterocycles. The van der Waals surface area contributed by atoms with Gasteiger partial charge in [-0.1, -0.05) is 43.1 Å². The predicted molar refractivity (Wildman–Crippen MR) is 85.2 cm³/mol. The monoisotopic (exact) mass is 301 g/mol. The topological polar surface area (TPSA) is 46.2 Å². The molecular formula is C17H16ClNO2. The second kappa shape index (κ2) is 7.04. The van der Waals surface area contributed by atoms with E-state index < -0.39 is 0 Å². The summed E-state index contributed by atoms with van der Waals surface area (Å²) in [5.41, 5.74) is 2.66. The summed E-state index contributed by atoms with van der Waals surface area (Å²) >= 11 is 6.02. The van der Waals surface area contributed by atoms with Crippen LogP contribution in [0, 0.1) is 0 Å². The van der Waals surface area contributed by atoms with Crippen molar-refractivity contribution in [2.45, 2.75) is 19.8 Å². The Balaban J connectivity index is 2.15. The highest BCUT2D eigenvalue weighted by Crippen LogP contribution is 2.23. The minimum atomic E-state index is -0.247. The summed E-state index contributed by atoms with van der Waals surface area (Å²) in [6, 6.07) is 12.2. The molecule has 0 aliphatic rings. The van der Waals surface area contributed by atoms with Gasteiger partial charge in [-0.05, 0) is 36.2 Å². The van der Waals surface area contributed by atoms with Gasteiger partial charge in [0.05, 0.1) is 10.7 Å². The fraction of sp³-hybridized carbons (Fsp3) is 0.176. The van der Waals surface area contributed by atoms with Crippen LogP contribution in [0.1, 0.15) is 39.6 Å². The van der Waals surface area contributed by atoms with E-state index in [1.807, 2.05) is 12.1 Å². The van der Waals surface area contributed by atoms with Gasteiger partial charge in [-0.25, -0.2) is 0 Å². The van der Waals surface area contributed by atoms with E-state index in [1.165, 1.54) is 5.56 Å². The summed E-state index contributed by atoms with van der Waals surface area (Å²) < 4.78 is 0. The number of aryl methyl sites for hydroxylation is 1. The number of carbonyl (C=O) groups excluding carboxylic acids is 2. The van der Waals surface area contributed by atoms with Gasteiger partial charge in [-0.15, -0.1) is 0 Å². The molecule has 0 heterocycles. The van der Waals surface area contributed by atoms with Gasteiger partial charge in [0.15, 0.2) is 0 Å². The second-order valence-electron chi connectivity index (χ2n) is 4.76.